The lowest BCUT2D eigenvalue weighted by molar-refractivity contribution is -0.398. The van der Waals surface area contributed by atoms with Gasteiger partial charge in [-0.15, -0.1) is 0 Å². The van der Waals surface area contributed by atoms with Crippen molar-refractivity contribution >= 4 is 11.7 Å². The average molecular weight is 196 g/mol. The van der Waals surface area contributed by atoms with Crippen molar-refractivity contribution in [3.63, 3.8) is 0 Å². The molecule has 74 valence electrons. The van der Waals surface area contributed by atoms with Crippen molar-refractivity contribution in [3.8, 4) is 5.75 Å². The number of carbonyl (C=O) groups is 1. The first-order valence-corrected chi connectivity index (χ1v) is 3.60. The number of nitrogens with zero attached hydrogens (tertiary/aromatic N) is 1. The van der Waals surface area contributed by atoms with Crippen LogP contribution < -0.4 is 5.11 Å². The second-order valence-electron chi connectivity index (χ2n) is 2.40. The molecule has 0 N–H and O–H groups in total. The lowest BCUT2D eigenvalue weighted by Crippen LogP contribution is -2.08. The summed E-state index contributed by atoms with van der Waals surface area (Å²) < 4.78 is 4.29. The van der Waals surface area contributed by atoms with Crippen molar-refractivity contribution in [2.45, 2.75) is 0 Å². The summed E-state index contributed by atoms with van der Waals surface area (Å²) in [6, 6.07) is 3.47. The maximum absolute atomic E-state index is 11.3. The van der Waals surface area contributed by atoms with Gasteiger partial charge in [0.05, 0.1) is 17.6 Å². The Morgan fingerprint density at radius 1 is 1.50 bits per heavy atom. The Bertz CT molecular complexity index is 387. The number of benzene rings is 1. The van der Waals surface area contributed by atoms with E-state index in [-0.39, 0.29) is 5.56 Å². The molecule has 0 aromatic heterocycles. The molecule has 1 aromatic rings. The summed E-state index contributed by atoms with van der Waals surface area (Å²) in [6.45, 7) is 0. The van der Waals surface area contributed by atoms with Crippen molar-refractivity contribution in [3.05, 3.63) is 33.9 Å². The van der Waals surface area contributed by atoms with Crippen molar-refractivity contribution in [1.82, 2.24) is 0 Å². The zero-order chi connectivity index (χ0) is 10.7. The van der Waals surface area contributed by atoms with Gasteiger partial charge < -0.3 is 9.84 Å². The molecule has 1 aromatic carbocycles. The highest BCUT2D eigenvalue weighted by atomic mass is 16.6. The topological polar surface area (TPSA) is 92.5 Å². The van der Waals surface area contributed by atoms with Gasteiger partial charge in [-0.1, -0.05) is 6.07 Å². The van der Waals surface area contributed by atoms with Crippen LogP contribution in [-0.2, 0) is 4.74 Å². The Hall–Kier alpha value is -2.11. The third-order valence-electron chi connectivity index (χ3n) is 1.60. The van der Waals surface area contributed by atoms with E-state index in [2.05, 4.69) is 4.74 Å². The molecule has 0 heterocycles. The number of carbonyl (C=O) groups excluding carboxylic acids is 1. The first kappa shape index (κ1) is 9.97. The summed E-state index contributed by atoms with van der Waals surface area (Å²) in [7, 11) is 1.10. The van der Waals surface area contributed by atoms with Crippen LogP contribution >= 0.6 is 0 Å². The summed E-state index contributed by atoms with van der Waals surface area (Å²) in [5.74, 6) is -1.80. The number of esters is 1. The fourth-order valence-corrected chi connectivity index (χ4v) is 0.939. The minimum Gasteiger partial charge on any atom is -0.867 e. The van der Waals surface area contributed by atoms with Crippen LogP contribution in [0, 0.1) is 10.1 Å². The highest BCUT2D eigenvalue weighted by molar-refractivity contribution is 5.93. The molecule has 1 rings (SSSR count). The Morgan fingerprint density at radius 3 is 2.64 bits per heavy atom. The normalized spacial score (nSPS) is 9.50. The molecule has 0 saturated carbocycles. The smallest absolute Gasteiger partial charge is 0.337 e. The van der Waals surface area contributed by atoms with E-state index < -0.39 is 22.3 Å². The summed E-state index contributed by atoms with van der Waals surface area (Å²) in [4.78, 5) is 20.5. The predicted octanol–water partition coefficient (Wildman–Crippen LogP) is 0.455. The Balaban J connectivity index is 3.27. The molecular formula is C8H6NO5-. The Kier molecular flexibility index (Phi) is 2.66. The van der Waals surface area contributed by atoms with E-state index in [9.17, 15) is 20.0 Å². The van der Waals surface area contributed by atoms with E-state index in [0.29, 0.717) is 0 Å². The SMILES string of the molecule is COC(=O)c1cccc([N+](=O)[O-])c1[O-]. The maximum Gasteiger partial charge on any atom is 0.337 e. The molecule has 14 heavy (non-hydrogen) atoms. The second kappa shape index (κ2) is 3.73. The zero-order valence-corrected chi connectivity index (χ0v) is 7.22. The lowest BCUT2D eigenvalue weighted by atomic mass is 10.2. The van der Waals surface area contributed by atoms with Crippen LogP contribution in [-0.4, -0.2) is 18.0 Å². The summed E-state index contributed by atoms with van der Waals surface area (Å²) in [6.07, 6.45) is 0. The summed E-state index contributed by atoms with van der Waals surface area (Å²) >= 11 is 0. The third-order valence-corrected chi connectivity index (χ3v) is 1.60. The third kappa shape index (κ3) is 1.63. The van der Waals surface area contributed by atoms with Crippen LogP contribution in [0.3, 0.4) is 0 Å². The number of nitro groups is 1. The van der Waals surface area contributed by atoms with Gasteiger partial charge in [0.15, 0.2) is 0 Å². The van der Waals surface area contributed by atoms with Crippen molar-refractivity contribution in [2.24, 2.45) is 0 Å². The van der Waals surface area contributed by atoms with Crippen LogP contribution in [0.25, 0.3) is 0 Å². The molecule has 0 fully saturated rings. The molecule has 0 saturated heterocycles. The van der Waals surface area contributed by atoms with E-state index in [1.165, 1.54) is 12.1 Å². The van der Waals surface area contributed by atoms with Crippen LogP contribution in [0.2, 0.25) is 0 Å². The molecule has 0 spiro atoms. The minimum atomic E-state index is -0.927. The van der Waals surface area contributed by atoms with Crippen LogP contribution in [0.1, 0.15) is 10.4 Å². The van der Waals surface area contributed by atoms with Gasteiger partial charge in [-0.3, -0.25) is 10.1 Å². The fraction of sp³-hybridized carbons (Fsp3) is 0.125. The highest BCUT2D eigenvalue weighted by Gasteiger charge is 2.14. The molecule has 6 nitrogen and oxygen atoms in total. The zero-order valence-electron chi connectivity index (χ0n) is 7.22. The van der Waals surface area contributed by atoms with Crippen LogP contribution in [0.15, 0.2) is 18.2 Å². The van der Waals surface area contributed by atoms with Gasteiger partial charge in [0, 0.05) is 6.07 Å². The lowest BCUT2D eigenvalue weighted by Gasteiger charge is -2.10. The standard InChI is InChI=1S/C8H7NO5/c1-14-8(11)5-3-2-4-6(7(5)10)9(12)13/h2-4,10H,1H3/p-1. The van der Waals surface area contributed by atoms with Gasteiger partial charge in [0.2, 0.25) is 0 Å². The van der Waals surface area contributed by atoms with E-state index in [0.717, 1.165) is 13.2 Å². The number of hydrogen-bond acceptors (Lipinski definition) is 5. The van der Waals surface area contributed by atoms with Crippen LogP contribution in [0.5, 0.6) is 5.75 Å². The number of para-hydroxylation sites is 1. The molecule has 0 radical (unpaired) electrons. The highest BCUT2D eigenvalue weighted by Crippen LogP contribution is 2.26. The van der Waals surface area contributed by atoms with E-state index in [1.807, 2.05) is 0 Å². The van der Waals surface area contributed by atoms with Gasteiger partial charge in [-0.2, -0.15) is 0 Å². The Labute approximate surface area is 78.9 Å². The van der Waals surface area contributed by atoms with Gasteiger partial charge in [0.25, 0.3) is 5.69 Å². The number of methoxy groups -OCH3 is 1. The van der Waals surface area contributed by atoms with E-state index in [4.69, 9.17) is 0 Å². The minimum absolute atomic E-state index is 0.332. The molecule has 0 amide bonds. The Morgan fingerprint density at radius 2 is 2.14 bits per heavy atom. The summed E-state index contributed by atoms with van der Waals surface area (Å²) in [5.41, 5.74) is -0.963. The summed E-state index contributed by atoms with van der Waals surface area (Å²) in [5, 5.41) is 21.6. The maximum atomic E-state index is 11.3. The van der Waals surface area contributed by atoms with Gasteiger partial charge in [-0.25, -0.2) is 4.79 Å². The number of rotatable bonds is 2. The van der Waals surface area contributed by atoms with Crippen molar-refractivity contribution in [1.29, 1.82) is 0 Å². The molecule has 0 unspecified atom stereocenters. The van der Waals surface area contributed by atoms with Crippen molar-refractivity contribution < 1.29 is 19.6 Å². The molecule has 0 aliphatic carbocycles. The van der Waals surface area contributed by atoms with Gasteiger partial charge in [0.1, 0.15) is 0 Å². The molecule has 0 aliphatic heterocycles. The van der Waals surface area contributed by atoms with Gasteiger partial charge >= 0.3 is 5.97 Å². The fourth-order valence-electron chi connectivity index (χ4n) is 0.939. The van der Waals surface area contributed by atoms with Crippen LogP contribution in [0.4, 0.5) is 5.69 Å². The van der Waals surface area contributed by atoms with E-state index in [1.54, 1.807) is 0 Å². The molecule has 0 aliphatic rings. The monoisotopic (exact) mass is 196 g/mol. The average Bonchev–Trinajstić information content (AvgIpc) is 2.16. The second-order valence-corrected chi connectivity index (χ2v) is 2.40. The van der Waals surface area contributed by atoms with Crippen molar-refractivity contribution in [2.75, 3.05) is 7.11 Å². The van der Waals surface area contributed by atoms with Gasteiger partial charge in [-0.05, 0) is 11.8 Å². The number of hydrogen-bond donors (Lipinski definition) is 0. The number of nitro benzene ring substituents is 1. The first-order valence-electron chi connectivity index (χ1n) is 3.60. The van der Waals surface area contributed by atoms with E-state index >= 15 is 0 Å². The largest absolute Gasteiger partial charge is 0.867 e. The predicted molar refractivity (Wildman–Crippen MR) is 43.9 cm³/mol. The molecule has 0 atom stereocenters. The first-order chi connectivity index (χ1) is 6.57. The molecule has 6 heteroatoms. The quantitative estimate of drug-likeness (QED) is 0.389. The molecular weight excluding hydrogens is 190 g/mol. The molecule has 0 bridgehead atoms. The number of ether oxygens (including phenoxy) is 1.